The summed E-state index contributed by atoms with van der Waals surface area (Å²) in [5.41, 5.74) is 0.372. The number of nitrogens with one attached hydrogen (secondary N) is 1. The number of hydrogen-bond acceptors (Lipinski definition) is 1. The third-order valence-corrected chi connectivity index (χ3v) is 2.49. The van der Waals surface area contributed by atoms with Crippen molar-refractivity contribution in [1.82, 2.24) is 5.32 Å². The summed E-state index contributed by atoms with van der Waals surface area (Å²) in [7, 11) is 0. The van der Waals surface area contributed by atoms with Gasteiger partial charge in [0, 0.05) is 16.6 Å². The van der Waals surface area contributed by atoms with Gasteiger partial charge in [-0.3, -0.25) is 0 Å². The van der Waals surface area contributed by atoms with Crippen molar-refractivity contribution >= 4 is 15.9 Å². The van der Waals surface area contributed by atoms with Crippen LogP contribution in [-0.2, 0) is 6.54 Å². The summed E-state index contributed by atoms with van der Waals surface area (Å²) in [5.74, 6) is -0.396. The van der Waals surface area contributed by atoms with Crippen LogP contribution >= 0.6 is 15.9 Å². The van der Waals surface area contributed by atoms with E-state index in [1.54, 1.807) is 12.1 Å². The number of halogens is 4. The third-order valence-electron chi connectivity index (χ3n) is 2.00. The molecular weight excluding hydrogens is 271 g/mol. The van der Waals surface area contributed by atoms with Gasteiger partial charge < -0.3 is 5.32 Å². The van der Waals surface area contributed by atoms with E-state index in [2.05, 4.69) is 21.2 Å². The topological polar surface area (TPSA) is 12.0 Å². The maximum Gasteiger partial charge on any atom is 0.253 e. The zero-order valence-corrected chi connectivity index (χ0v) is 9.69. The van der Waals surface area contributed by atoms with E-state index in [1.165, 1.54) is 13.0 Å². The van der Waals surface area contributed by atoms with Crippen LogP contribution in [0.3, 0.4) is 0 Å². The fourth-order valence-electron chi connectivity index (χ4n) is 1.04. The summed E-state index contributed by atoms with van der Waals surface area (Å²) in [6.07, 6.45) is -2.44. The van der Waals surface area contributed by atoms with Crippen molar-refractivity contribution in [3.63, 3.8) is 0 Å². The molecule has 0 aliphatic heterocycles. The zero-order chi connectivity index (χ0) is 11.4. The molecule has 0 spiro atoms. The molecule has 0 radical (unpaired) electrons. The highest BCUT2D eigenvalue weighted by Crippen LogP contribution is 2.15. The number of hydrogen-bond donors (Lipinski definition) is 1. The minimum Gasteiger partial charge on any atom is -0.305 e. The Hall–Kier alpha value is -0.550. The molecule has 15 heavy (non-hydrogen) atoms. The maximum atomic E-state index is 13.2. The molecule has 1 unspecified atom stereocenters. The number of alkyl halides is 2. The monoisotopic (exact) mass is 281 g/mol. The second-order valence-electron chi connectivity index (χ2n) is 3.24. The minimum absolute atomic E-state index is 0.0940. The summed E-state index contributed by atoms with van der Waals surface area (Å²) in [5, 5.41) is 2.56. The average molecular weight is 282 g/mol. The van der Waals surface area contributed by atoms with Crippen LogP contribution in [0.4, 0.5) is 13.2 Å². The molecule has 1 rings (SSSR count). The van der Waals surface area contributed by atoms with Crippen LogP contribution < -0.4 is 5.32 Å². The van der Waals surface area contributed by atoms with Crippen molar-refractivity contribution in [2.75, 3.05) is 0 Å². The fourth-order valence-corrected chi connectivity index (χ4v) is 1.45. The Morgan fingerprint density at radius 1 is 1.40 bits per heavy atom. The van der Waals surface area contributed by atoms with E-state index in [4.69, 9.17) is 0 Å². The lowest BCUT2D eigenvalue weighted by atomic mass is 10.2. The number of rotatable bonds is 4. The molecule has 84 valence electrons. The van der Waals surface area contributed by atoms with Gasteiger partial charge in [0.15, 0.2) is 0 Å². The van der Waals surface area contributed by atoms with E-state index in [0.717, 1.165) is 4.47 Å². The normalized spacial score (nSPS) is 13.2. The van der Waals surface area contributed by atoms with Crippen LogP contribution in [0.5, 0.6) is 0 Å². The van der Waals surface area contributed by atoms with Crippen LogP contribution in [-0.4, -0.2) is 12.5 Å². The smallest absolute Gasteiger partial charge is 0.253 e. The standard InChI is InChI=1S/C10H11BrF3N/c1-6(10(13)14)15-5-7-4-8(11)2-3-9(7)12/h2-4,6,10,15H,5H2,1H3. The molecule has 0 fully saturated rings. The SMILES string of the molecule is CC(NCc1cc(Br)ccc1F)C(F)F. The molecule has 0 heterocycles. The molecular formula is C10H11BrF3N. The Labute approximate surface area is 94.8 Å². The van der Waals surface area contributed by atoms with E-state index in [1.807, 2.05) is 0 Å². The van der Waals surface area contributed by atoms with E-state index in [-0.39, 0.29) is 6.54 Å². The van der Waals surface area contributed by atoms with E-state index in [0.29, 0.717) is 5.56 Å². The molecule has 0 aliphatic rings. The van der Waals surface area contributed by atoms with Crippen molar-refractivity contribution in [3.8, 4) is 0 Å². The molecule has 1 nitrogen and oxygen atoms in total. The largest absolute Gasteiger partial charge is 0.305 e. The highest BCUT2D eigenvalue weighted by molar-refractivity contribution is 9.10. The van der Waals surface area contributed by atoms with Gasteiger partial charge in [0.25, 0.3) is 6.43 Å². The van der Waals surface area contributed by atoms with Gasteiger partial charge in [-0.25, -0.2) is 13.2 Å². The molecule has 0 aromatic heterocycles. The lowest BCUT2D eigenvalue weighted by molar-refractivity contribution is 0.105. The van der Waals surface area contributed by atoms with Gasteiger partial charge in [0.1, 0.15) is 5.82 Å². The summed E-state index contributed by atoms with van der Waals surface area (Å²) in [6, 6.07) is 3.49. The van der Waals surface area contributed by atoms with Gasteiger partial charge >= 0.3 is 0 Å². The summed E-state index contributed by atoms with van der Waals surface area (Å²) in [4.78, 5) is 0. The second kappa shape index (κ2) is 5.51. The first kappa shape index (κ1) is 12.5. The maximum absolute atomic E-state index is 13.2. The van der Waals surface area contributed by atoms with Crippen LogP contribution in [0.15, 0.2) is 22.7 Å². The molecule has 1 N–H and O–H groups in total. The summed E-state index contributed by atoms with van der Waals surface area (Å²) < 4.78 is 38.2. The molecule has 0 aliphatic carbocycles. The lowest BCUT2D eigenvalue weighted by Gasteiger charge is -2.13. The Morgan fingerprint density at radius 3 is 2.67 bits per heavy atom. The Bertz CT molecular complexity index is 330. The van der Waals surface area contributed by atoms with Crippen molar-refractivity contribution in [3.05, 3.63) is 34.1 Å². The summed E-state index contributed by atoms with van der Waals surface area (Å²) in [6.45, 7) is 1.46. The van der Waals surface area contributed by atoms with Gasteiger partial charge in [-0.1, -0.05) is 15.9 Å². The minimum atomic E-state index is -2.44. The predicted octanol–water partition coefficient (Wildman–Crippen LogP) is 3.33. The van der Waals surface area contributed by atoms with E-state index >= 15 is 0 Å². The molecule has 0 saturated heterocycles. The Balaban J connectivity index is 2.61. The van der Waals surface area contributed by atoms with E-state index < -0.39 is 18.3 Å². The molecule has 5 heteroatoms. The van der Waals surface area contributed by atoms with Gasteiger partial charge in [-0.2, -0.15) is 0 Å². The lowest BCUT2D eigenvalue weighted by Crippen LogP contribution is -2.32. The fraction of sp³-hybridized carbons (Fsp3) is 0.400. The number of benzene rings is 1. The highest BCUT2D eigenvalue weighted by Gasteiger charge is 2.14. The van der Waals surface area contributed by atoms with Crippen molar-refractivity contribution in [2.24, 2.45) is 0 Å². The first-order valence-electron chi connectivity index (χ1n) is 4.46. The van der Waals surface area contributed by atoms with Crippen molar-refractivity contribution in [1.29, 1.82) is 0 Å². The zero-order valence-electron chi connectivity index (χ0n) is 8.11. The molecule has 0 saturated carbocycles. The second-order valence-corrected chi connectivity index (χ2v) is 4.16. The van der Waals surface area contributed by atoms with Gasteiger partial charge in [-0.15, -0.1) is 0 Å². The van der Waals surface area contributed by atoms with Crippen LogP contribution in [0.2, 0.25) is 0 Å². The molecule has 1 aromatic carbocycles. The average Bonchev–Trinajstić information content (AvgIpc) is 2.18. The highest BCUT2D eigenvalue weighted by atomic mass is 79.9. The van der Waals surface area contributed by atoms with Gasteiger partial charge in [0.05, 0.1) is 6.04 Å². The molecule has 1 atom stereocenters. The first-order chi connectivity index (χ1) is 7.00. The van der Waals surface area contributed by atoms with Crippen LogP contribution in [0, 0.1) is 5.82 Å². The van der Waals surface area contributed by atoms with Gasteiger partial charge in [0.2, 0.25) is 0 Å². The van der Waals surface area contributed by atoms with Crippen molar-refractivity contribution < 1.29 is 13.2 Å². The Morgan fingerprint density at radius 2 is 2.07 bits per heavy atom. The molecule has 0 bridgehead atoms. The molecule has 1 aromatic rings. The summed E-state index contributed by atoms with van der Waals surface area (Å²) >= 11 is 3.19. The predicted molar refractivity (Wildman–Crippen MR) is 56.4 cm³/mol. The third kappa shape index (κ3) is 3.83. The van der Waals surface area contributed by atoms with Crippen LogP contribution in [0.25, 0.3) is 0 Å². The quantitative estimate of drug-likeness (QED) is 0.893. The van der Waals surface area contributed by atoms with E-state index in [9.17, 15) is 13.2 Å². The first-order valence-corrected chi connectivity index (χ1v) is 5.25. The molecule has 0 amide bonds. The van der Waals surface area contributed by atoms with Crippen LogP contribution in [0.1, 0.15) is 12.5 Å². The Kier molecular flexibility index (Phi) is 4.60. The van der Waals surface area contributed by atoms with Gasteiger partial charge in [-0.05, 0) is 25.1 Å². The van der Waals surface area contributed by atoms with Crippen molar-refractivity contribution in [2.45, 2.75) is 25.9 Å².